The monoisotopic (exact) mass is 518 g/mol. The van der Waals surface area contributed by atoms with E-state index >= 15 is 0 Å². The van der Waals surface area contributed by atoms with Crippen LogP contribution in [0.5, 0.6) is 0 Å². The summed E-state index contributed by atoms with van der Waals surface area (Å²) in [4.78, 5) is 2.36. The molecule has 7 rings (SSSR count). The Morgan fingerprint density at radius 2 is 1.25 bits per heavy atom. The van der Waals surface area contributed by atoms with Gasteiger partial charge >= 0.3 is 0 Å². The number of rotatable bonds is 2. The molecule has 0 bridgehead atoms. The fourth-order valence-electron chi connectivity index (χ4n) is 6.71. The Hall–Kier alpha value is -4.56. The lowest BCUT2D eigenvalue weighted by atomic mass is 9.71. The summed E-state index contributed by atoms with van der Waals surface area (Å²) in [5, 5.41) is 2.59. The van der Waals surface area contributed by atoms with Crippen molar-refractivity contribution >= 4 is 27.4 Å². The number of hydrogen-bond donors (Lipinski definition) is 0. The van der Waals surface area contributed by atoms with Crippen molar-refractivity contribution < 1.29 is 0 Å². The van der Waals surface area contributed by atoms with Gasteiger partial charge in [-0.1, -0.05) is 123 Å². The highest BCUT2D eigenvalue weighted by molar-refractivity contribution is 6.08. The van der Waals surface area contributed by atoms with Crippen LogP contribution in [0.3, 0.4) is 0 Å². The van der Waals surface area contributed by atoms with Gasteiger partial charge in [-0.05, 0) is 53.5 Å². The van der Waals surface area contributed by atoms with Crippen molar-refractivity contribution in [1.29, 1.82) is 0 Å². The van der Waals surface area contributed by atoms with Crippen LogP contribution in [-0.2, 0) is 5.54 Å². The standard InChI is InChI=1S/C38H34N2/c1-37(2)31-18-12-15-28(27-13-6-5-7-14-27)21-22-35(31)39(4)36-24-26-38(3,25-23-32(36)37)40-33-19-10-8-16-29(33)30-17-9-11-20-34(30)40/h5-26H,1-4H3/b15-12-,18-12?,22-21?,28-15?,28-21+,31-18+,35-22+. The molecule has 0 N–H and O–H groups in total. The van der Waals surface area contributed by atoms with E-state index in [2.05, 4.69) is 171 Å². The number of benzene rings is 3. The maximum Gasteiger partial charge on any atom is 0.0796 e. The summed E-state index contributed by atoms with van der Waals surface area (Å²) in [6, 6.07) is 28.1. The molecular formula is C38H34N2. The summed E-state index contributed by atoms with van der Waals surface area (Å²) in [5.74, 6) is 0. The highest BCUT2D eigenvalue weighted by atomic mass is 15.1. The van der Waals surface area contributed by atoms with Crippen LogP contribution in [-0.4, -0.2) is 16.5 Å². The molecule has 1 aliphatic heterocycles. The van der Waals surface area contributed by atoms with Gasteiger partial charge in [0, 0.05) is 34.6 Å². The zero-order valence-corrected chi connectivity index (χ0v) is 23.6. The lowest BCUT2D eigenvalue weighted by Crippen LogP contribution is -2.34. The highest BCUT2D eigenvalue weighted by Gasteiger charge is 2.39. The van der Waals surface area contributed by atoms with Crippen molar-refractivity contribution in [3.05, 3.63) is 162 Å². The fourth-order valence-corrected chi connectivity index (χ4v) is 6.71. The van der Waals surface area contributed by atoms with Crippen LogP contribution in [0, 0.1) is 5.41 Å². The van der Waals surface area contributed by atoms with Crippen LogP contribution in [0.1, 0.15) is 26.3 Å². The van der Waals surface area contributed by atoms with E-state index in [0.717, 1.165) is 0 Å². The van der Waals surface area contributed by atoms with E-state index in [1.54, 1.807) is 0 Å². The first-order valence-corrected chi connectivity index (χ1v) is 14.1. The van der Waals surface area contributed by atoms with Gasteiger partial charge in [0.1, 0.15) is 0 Å². The average Bonchev–Trinajstić information content (AvgIpc) is 3.18. The minimum atomic E-state index is -0.334. The quantitative estimate of drug-likeness (QED) is 0.257. The number of hydrogen-bond acceptors (Lipinski definition) is 1. The van der Waals surface area contributed by atoms with Crippen molar-refractivity contribution in [3.8, 4) is 0 Å². The maximum absolute atomic E-state index is 2.50. The SMILES string of the molecule is CN1C2=C(C=CC(C)(n3c4ccccc4c4ccccc43)C=C2)C(C)(C)C2=C/C=C\C(c3ccccc3)=C/C=C\21. The largest absolute Gasteiger partial charge is 0.344 e. The van der Waals surface area contributed by atoms with Crippen molar-refractivity contribution in [2.24, 2.45) is 5.41 Å². The average molecular weight is 519 g/mol. The Morgan fingerprint density at radius 3 is 1.95 bits per heavy atom. The molecule has 0 amide bonds. The molecule has 4 aromatic rings. The Labute approximate surface area is 236 Å². The van der Waals surface area contributed by atoms with Gasteiger partial charge in [0.05, 0.1) is 16.6 Å². The molecule has 0 spiro atoms. The van der Waals surface area contributed by atoms with Crippen molar-refractivity contribution in [3.63, 3.8) is 0 Å². The predicted molar refractivity (Wildman–Crippen MR) is 170 cm³/mol. The first-order chi connectivity index (χ1) is 19.4. The summed E-state index contributed by atoms with van der Waals surface area (Å²) in [6.07, 6.45) is 20.8. The molecule has 2 aliphatic carbocycles. The fraction of sp³-hybridized carbons (Fsp3) is 0.158. The Balaban J connectivity index is 1.37. The van der Waals surface area contributed by atoms with E-state index < -0.39 is 0 Å². The predicted octanol–water partition coefficient (Wildman–Crippen LogP) is 9.33. The zero-order valence-electron chi connectivity index (χ0n) is 23.6. The van der Waals surface area contributed by atoms with E-state index in [1.807, 2.05) is 0 Å². The lowest BCUT2D eigenvalue weighted by Gasteiger charge is -2.43. The second-order valence-electron chi connectivity index (χ2n) is 11.7. The molecule has 40 heavy (non-hydrogen) atoms. The maximum atomic E-state index is 2.50. The molecule has 1 unspecified atom stereocenters. The normalized spacial score (nSPS) is 26.5. The highest BCUT2D eigenvalue weighted by Crippen LogP contribution is 2.49. The van der Waals surface area contributed by atoms with E-state index in [0.29, 0.717) is 0 Å². The third kappa shape index (κ3) is 3.63. The number of allylic oxidation sites excluding steroid dienone is 12. The minimum Gasteiger partial charge on any atom is -0.344 e. The second-order valence-corrected chi connectivity index (χ2v) is 11.7. The first kappa shape index (κ1) is 24.5. The number of likely N-dealkylation sites (N-methyl/N-ethyl adjacent to an activating group) is 1. The van der Waals surface area contributed by atoms with E-state index in [-0.39, 0.29) is 11.0 Å². The van der Waals surface area contributed by atoms with Gasteiger partial charge in [0.2, 0.25) is 0 Å². The number of fused-ring (bicyclic) bond motifs is 4. The van der Waals surface area contributed by atoms with Gasteiger partial charge in [0.25, 0.3) is 0 Å². The van der Waals surface area contributed by atoms with Crippen LogP contribution in [0.25, 0.3) is 27.4 Å². The van der Waals surface area contributed by atoms with Crippen molar-refractivity contribution in [2.75, 3.05) is 7.05 Å². The summed E-state index contributed by atoms with van der Waals surface area (Å²) >= 11 is 0. The molecule has 3 aliphatic rings. The van der Waals surface area contributed by atoms with E-state index in [4.69, 9.17) is 0 Å². The van der Waals surface area contributed by atoms with Crippen LogP contribution in [0.15, 0.2) is 156 Å². The topological polar surface area (TPSA) is 8.17 Å². The van der Waals surface area contributed by atoms with Gasteiger partial charge in [0.15, 0.2) is 0 Å². The summed E-state index contributed by atoms with van der Waals surface area (Å²) in [5.41, 5.74) is 9.59. The van der Waals surface area contributed by atoms with E-state index in [9.17, 15) is 0 Å². The molecule has 2 heterocycles. The third-order valence-corrected chi connectivity index (χ3v) is 8.92. The van der Waals surface area contributed by atoms with Crippen molar-refractivity contribution in [2.45, 2.75) is 26.3 Å². The Bertz CT molecular complexity index is 1830. The summed E-state index contributed by atoms with van der Waals surface area (Å²) in [6.45, 7) is 7.03. The van der Waals surface area contributed by atoms with E-state index in [1.165, 1.54) is 55.5 Å². The van der Waals surface area contributed by atoms with Crippen LogP contribution >= 0.6 is 0 Å². The van der Waals surface area contributed by atoms with Gasteiger partial charge in [-0.25, -0.2) is 0 Å². The molecular weight excluding hydrogens is 484 g/mol. The molecule has 2 nitrogen and oxygen atoms in total. The van der Waals surface area contributed by atoms with Crippen LogP contribution in [0.4, 0.5) is 0 Å². The number of aromatic nitrogens is 1. The minimum absolute atomic E-state index is 0.164. The number of nitrogens with zero attached hydrogens (tertiary/aromatic N) is 2. The van der Waals surface area contributed by atoms with Gasteiger partial charge in [-0.3, -0.25) is 0 Å². The van der Waals surface area contributed by atoms with Crippen LogP contribution < -0.4 is 0 Å². The molecule has 0 saturated carbocycles. The molecule has 0 fully saturated rings. The first-order valence-electron chi connectivity index (χ1n) is 14.1. The smallest absolute Gasteiger partial charge is 0.0796 e. The van der Waals surface area contributed by atoms with Gasteiger partial charge in [-0.15, -0.1) is 0 Å². The third-order valence-electron chi connectivity index (χ3n) is 8.92. The summed E-state index contributed by atoms with van der Waals surface area (Å²) < 4.78 is 2.50. The van der Waals surface area contributed by atoms with Crippen LogP contribution in [0.2, 0.25) is 0 Å². The molecule has 1 aromatic heterocycles. The second kappa shape index (κ2) is 8.99. The Kier molecular flexibility index (Phi) is 5.50. The summed E-state index contributed by atoms with van der Waals surface area (Å²) in [7, 11) is 2.20. The molecule has 196 valence electrons. The molecule has 0 radical (unpaired) electrons. The molecule has 3 aromatic carbocycles. The molecule has 0 saturated heterocycles. The van der Waals surface area contributed by atoms with Gasteiger partial charge < -0.3 is 9.47 Å². The molecule has 1 atom stereocenters. The molecule has 2 heteroatoms. The lowest BCUT2D eigenvalue weighted by molar-refractivity contribution is 0.425. The zero-order chi connectivity index (χ0) is 27.5. The number of para-hydroxylation sites is 2. The van der Waals surface area contributed by atoms with Gasteiger partial charge in [-0.2, -0.15) is 0 Å². The van der Waals surface area contributed by atoms with Crippen molar-refractivity contribution in [1.82, 2.24) is 9.47 Å². The Morgan fingerprint density at radius 1 is 0.625 bits per heavy atom.